The minimum atomic E-state index is -4.00. The standard InChI is InChI=1S/C12H18N2O5S/c1-12(2,7-19-3)14-20(17,18)10-5-4-8(13)6-9(10)11(15)16/h4-6,14H,7,13H2,1-3H3,(H,15,16). The Bertz CT molecular complexity index is 610. The lowest BCUT2D eigenvalue weighted by Crippen LogP contribution is -2.46. The molecule has 0 saturated heterocycles. The number of methoxy groups -OCH3 is 1. The molecule has 0 amide bonds. The van der Waals surface area contributed by atoms with Gasteiger partial charge in [0.1, 0.15) is 0 Å². The summed E-state index contributed by atoms with van der Waals surface area (Å²) in [6.45, 7) is 3.40. The van der Waals surface area contributed by atoms with E-state index >= 15 is 0 Å². The summed E-state index contributed by atoms with van der Waals surface area (Å²) in [6.07, 6.45) is 0. The van der Waals surface area contributed by atoms with Crippen molar-refractivity contribution in [1.29, 1.82) is 0 Å². The van der Waals surface area contributed by atoms with Crippen molar-refractivity contribution in [2.75, 3.05) is 19.5 Å². The number of carbonyl (C=O) groups is 1. The Kier molecular flexibility index (Phi) is 4.74. The van der Waals surface area contributed by atoms with Crippen LogP contribution in [0.25, 0.3) is 0 Å². The van der Waals surface area contributed by atoms with Crippen LogP contribution in [0.2, 0.25) is 0 Å². The van der Waals surface area contributed by atoms with Gasteiger partial charge in [-0.2, -0.15) is 0 Å². The van der Waals surface area contributed by atoms with Gasteiger partial charge in [0.2, 0.25) is 10.0 Å². The molecule has 0 aliphatic heterocycles. The summed E-state index contributed by atoms with van der Waals surface area (Å²) in [5.41, 5.74) is 4.42. The van der Waals surface area contributed by atoms with Crippen LogP contribution in [0, 0.1) is 0 Å². The molecule has 0 heterocycles. The molecular weight excluding hydrogens is 284 g/mol. The van der Waals surface area contributed by atoms with Crippen LogP contribution in [-0.2, 0) is 14.8 Å². The summed E-state index contributed by atoms with van der Waals surface area (Å²) in [5.74, 6) is -1.36. The highest BCUT2D eigenvalue weighted by molar-refractivity contribution is 7.89. The van der Waals surface area contributed by atoms with Crippen molar-refractivity contribution in [3.8, 4) is 0 Å². The number of nitrogens with one attached hydrogen (secondary N) is 1. The van der Waals surface area contributed by atoms with Crippen LogP contribution in [0.4, 0.5) is 5.69 Å². The van der Waals surface area contributed by atoms with Crippen molar-refractivity contribution in [1.82, 2.24) is 4.72 Å². The number of hydrogen-bond acceptors (Lipinski definition) is 5. The van der Waals surface area contributed by atoms with Gasteiger partial charge < -0.3 is 15.6 Å². The van der Waals surface area contributed by atoms with E-state index < -0.39 is 21.5 Å². The van der Waals surface area contributed by atoms with Gasteiger partial charge in [-0.25, -0.2) is 17.9 Å². The molecule has 0 unspecified atom stereocenters. The van der Waals surface area contributed by atoms with Gasteiger partial charge >= 0.3 is 5.97 Å². The van der Waals surface area contributed by atoms with Crippen molar-refractivity contribution in [2.24, 2.45) is 0 Å². The average Bonchev–Trinajstić information content (AvgIpc) is 2.26. The van der Waals surface area contributed by atoms with E-state index in [9.17, 15) is 13.2 Å². The van der Waals surface area contributed by atoms with Crippen LogP contribution in [0.3, 0.4) is 0 Å². The number of rotatable bonds is 6. The summed E-state index contributed by atoms with van der Waals surface area (Å²) in [6, 6.07) is 3.62. The van der Waals surface area contributed by atoms with Gasteiger partial charge in [0.15, 0.2) is 0 Å². The first-order valence-corrected chi connectivity index (χ1v) is 7.23. The molecule has 0 radical (unpaired) electrons. The third-order valence-electron chi connectivity index (χ3n) is 2.44. The fourth-order valence-electron chi connectivity index (χ4n) is 1.76. The summed E-state index contributed by atoms with van der Waals surface area (Å²) in [7, 11) is -2.55. The van der Waals surface area contributed by atoms with Crippen molar-refractivity contribution in [3.63, 3.8) is 0 Å². The van der Waals surface area contributed by atoms with Gasteiger partial charge in [0.25, 0.3) is 0 Å². The maximum absolute atomic E-state index is 12.3. The highest BCUT2D eigenvalue weighted by Crippen LogP contribution is 2.20. The van der Waals surface area contributed by atoms with E-state index in [1.807, 2.05) is 0 Å². The molecule has 0 aromatic heterocycles. The first kappa shape index (κ1) is 16.4. The Labute approximate surface area is 117 Å². The maximum atomic E-state index is 12.3. The first-order chi connectivity index (χ1) is 9.09. The number of hydrogen-bond donors (Lipinski definition) is 3. The van der Waals surface area contributed by atoms with Gasteiger partial charge in [0, 0.05) is 12.8 Å². The Morgan fingerprint density at radius 2 is 2.05 bits per heavy atom. The summed E-state index contributed by atoms with van der Waals surface area (Å²) in [4.78, 5) is 10.8. The Morgan fingerprint density at radius 1 is 1.45 bits per heavy atom. The third kappa shape index (κ3) is 3.92. The Hall–Kier alpha value is -1.64. The molecule has 0 aliphatic rings. The number of sulfonamides is 1. The van der Waals surface area contributed by atoms with Crippen LogP contribution in [0.5, 0.6) is 0 Å². The van der Waals surface area contributed by atoms with Crippen LogP contribution < -0.4 is 10.5 Å². The van der Waals surface area contributed by atoms with Crippen LogP contribution in [0.15, 0.2) is 23.1 Å². The molecule has 20 heavy (non-hydrogen) atoms. The van der Waals surface area contributed by atoms with Crippen molar-refractivity contribution < 1.29 is 23.1 Å². The molecule has 0 spiro atoms. The van der Waals surface area contributed by atoms with Crippen molar-refractivity contribution in [3.05, 3.63) is 23.8 Å². The second-order valence-corrected chi connectivity index (χ2v) is 6.63. The molecule has 1 aromatic carbocycles. The summed E-state index contributed by atoms with van der Waals surface area (Å²) >= 11 is 0. The number of nitrogen functional groups attached to an aromatic ring is 1. The smallest absolute Gasteiger partial charge is 0.337 e. The second-order valence-electron chi connectivity index (χ2n) is 4.98. The quantitative estimate of drug-likeness (QED) is 0.665. The SMILES string of the molecule is COCC(C)(C)NS(=O)(=O)c1ccc(N)cc1C(=O)O. The molecule has 8 heteroatoms. The molecule has 0 aliphatic carbocycles. The molecule has 0 saturated carbocycles. The molecular formula is C12H18N2O5S. The average molecular weight is 302 g/mol. The minimum absolute atomic E-state index is 0.142. The Balaban J connectivity index is 3.26. The lowest BCUT2D eigenvalue weighted by molar-refractivity contribution is 0.0692. The van der Waals surface area contributed by atoms with Crippen LogP contribution >= 0.6 is 0 Å². The zero-order valence-electron chi connectivity index (χ0n) is 11.5. The van der Waals surface area contributed by atoms with E-state index in [1.54, 1.807) is 13.8 Å². The number of nitrogens with two attached hydrogens (primary N) is 1. The predicted octanol–water partition coefficient (Wildman–Crippen LogP) is 0.670. The molecule has 4 N–H and O–H groups in total. The van der Waals surface area contributed by atoms with Crippen LogP contribution in [-0.4, -0.2) is 38.7 Å². The van der Waals surface area contributed by atoms with E-state index in [4.69, 9.17) is 15.6 Å². The fraction of sp³-hybridized carbons (Fsp3) is 0.417. The van der Waals surface area contributed by atoms with E-state index in [0.717, 1.165) is 6.07 Å². The van der Waals surface area contributed by atoms with Gasteiger partial charge in [-0.15, -0.1) is 0 Å². The second kappa shape index (κ2) is 5.78. The monoisotopic (exact) mass is 302 g/mol. The molecule has 112 valence electrons. The molecule has 0 bridgehead atoms. The number of carboxylic acids is 1. The van der Waals surface area contributed by atoms with Crippen molar-refractivity contribution >= 4 is 21.7 Å². The molecule has 0 atom stereocenters. The molecule has 1 aromatic rings. The molecule has 1 rings (SSSR count). The fourth-order valence-corrected chi connectivity index (χ4v) is 3.34. The zero-order valence-corrected chi connectivity index (χ0v) is 12.3. The van der Waals surface area contributed by atoms with Gasteiger partial charge in [-0.3, -0.25) is 0 Å². The Morgan fingerprint density at radius 3 is 2.55 bits per heavy atom. The first-order valence-electron chi connectivity index (χ1n) is 5.75. The predicted molar refractivity (Wildman–Crippen MR) is 74.1 cm³/mol. The van der Waals surface area contributed by atoms with Crippen molar-refractivity contribution in [2.45, 2.75) is 24.3 Å². The third-order valence-corrected chi connectivity index (χ3v) is 4.20. The van der Waals surface area contributed by atoms with Gasteiger partial charge in [0.05, 0.1) is 22.6 Å². The van der Waals surface area contributed by atoms with Crippen LogP contribution in [0.1, 0.15) is 24.2 Å². The summed E-state index contributed by atoms with van der Waals surface area (Å²) < 4.78 is 31.9. The summed E-state index contributed by atoms with van der Waals surface area (Å²) in [5, 5.41) is 9.08. The number of ether oxygens (including phenoxy) is 1. The van der Waals surface area contributed by atoms with E-state index in [1.165, 1.54) is 19.2 Å². The van der Waals surface area contributed by atoms with E-state index in [0.29, 0.717) is 0 Å². The molecule has 0 fully saturated rings. The highest BCUT2D eigenvalue weighted by Gasteiger charge is 2.29. The minimum Gasteiger partial charge on any atom is -0.478 e. The number of benzene rings is 1. The lowest BCUT2D eigenvalue weighted by atomic mass is 10.1. The normalized spacial score (nSPS) is 12.3. The largest absolute Gasteiger partial charge is 0.478 e. The number of carboxylic acid groups (broad SMARTS) is 1. The molecule has 7 nitrogen and oxygen atoms in total. The van der Waals surface area contributed by atoms with Gasteiger partial charge in [-0.1, -0.05) is 0 Å². The maximum Gasteiger partial charge on any atom is 0.337 e. The zero-order chi connectivity index (χ0) is 15.6. The number of aromatic carboxylic acids is 1. The van der Waals surface area contributed by atoms with Gasteiger partial charge in [-0.05, 0) is 32.0 Å². The lowest BCUT2D eigenvalue weighted by Gasteiger charge is -2.25. The van der Waals surface area contributed by atoms with E-state index in [2.05, 4.69) is 4.72 Å². The van der Waals surface area contributed by atoms with E-state index in [-0.39, 0.29) is 22.8 Å². The number of anilines is 1. The highest BCUT2D eigenvalue weighted by atomic mass is 32.2. The topological polar surface area (TPSA) is 119 Å².